The Bertz CT molecular complexity index is 569. The molecule has 0 bridgehead atoms. The van der Waals surface area contributed by atoms with Crippen LogP contribution < -0.4 is 5.32 Å². The maximum Gasteiger partial charge on any atom is 0.244 e. The smallest absolute Gasteiger partial charge is 0.244 e. The number of aromatic nitrogens is 2. The summed E-state index contributed by atoms with van der Waals surface area (Å²) in [5, 5.41) is 7.34. The van der Waals surface area contributed by atoms with Gasteiger partial charge >= 0.3 is 0 Å². The van der Waals surface area contributed by atoms with Crippen molar-refractivity contribution in [3.8, 4) is 11.4 Å². The minimum atomic E-state index is -0.298. The van der Waals surface area contributed by atoms with Crippen LogP contribution in [0.4, 0.5) is 4.39 Å². The molecule has 2 heterocycles. The van der Waals surface area contributed by atoms with Gasteiger partial charge in [-0.1, -0.05) is 24.2 Å². The molecule has 0 saturated carbocycles. The Hall–Kier alpha value is -1.75. The highest BCUT2D eigenvalue weighted by atomic mass is 19.1. The summed E-state index contributed by atoms with van der Waals surface area (Å²) in [7, 11) is 0. The van der Waals surface area contributed by atoms with Crippen molar-refractivity contribution in [3.05, 3.63) is 36.0 Å². The van der Waals surface area contributed by atoms with Gasteiger partial charge in [-0.25, -0.2) is 4.39 Å². The minimum absolute atomic E-state index is 0.101. The van der Waals surface area contributed by atoms with Gasteiger partial charge in [0.1, 0.15) is 5.82 Å². The Morgan fingerprint density at radius 1 is 1.42 bits per heavy atom. The van der Waals surface area contributed by atoms with Gasteiger partial charge in [0.2, 0.25) is 11.7 Å². The molecular weight excluding hydrogens is 245 g/mol. The molecule has 1 N–H and O–H groups in total. The maximum absolute atomic E-state index is 13.2. The minimum Gasteiger partial charge on any atom is -0.337 e. The highest BCUT2D eigenvalue weighted by molar-refractivity contribution is 5.53. The van der Waals surface area contributed by atoms with Crippen LogP contribution in [0.25, 0.3) is 11.4 Å². The molecule has 2 unspecified atom stereocenters. The van der Waals surface area contributed by atoms with Crippen LogP contribution in [0, 0.1) is 11.7 Å². The van der Waals surface area contributed by atoms with E-state index in [0.29, 0.717) is 23.2 Å². The highest BCUT2D eigenvalue weighted by Crippen LogP contribution is 2.29. The van der Waals surface area contributed by atoms with E-state index in [2.05, 4.69) is 22.4 Å². The van der Waals surface area contributed by atoms with Gasteiger partial charge in [0.05, 0.1) is 6.04 Å². The van der Waals surface area contributed by atoms with E-state index in [9.17, 15) is 4.39 Å². The molecule has 0 aliphatic carbocycles. The lowest BCUT2D eigenvalue weighted by Gasteiger charge is -2.26. The number of piperidine rings is 1. The number of nitrogens with one attached hydrogen (secondary N) is 1. The van der Waals surface area contributed by atoms with Crippen molar-refractivity contribution in [2.45, 2.75) is 25.8 Å². The van der Waals surface area contributed by atoms with E-state index in [4.69, 9.17) is 4.52 Å². The van der Waals surface area contributed by atoms with E-state index >= 15 is 0 Å². The van der Waals surface area contributed by atoms with E-state index in [1.54, 1.807) is 12.1 Å². The first-order valence-corrected chi connectivity index (χ1v) is 6.57. The largest absolute Gasteiger partial charge is 0.337 e. The van der Waals surface area contributed by atoms with Crippen molar-refractivity contribution in [1.29, 1.82) is 0 Å². The number of hydrogen-bond donors (Lipinski definition) is 1. The zero-order valence-corrected chi connectivity index (χ0v) is 10.8. The maximum atomic E-state index is 13.2. The van der Waals surface area contributed by atoms with Crippen LogP contribution in [0.15, 0.2) is 28.8 Å². The van der Waals surface area contributed by atoms with Crippen LogP contribution in [0.1, 0.15) is 31.7 Å². The third kappa shape index (κ3) is 2.51. The standard InChI is InChI=1S/C14H16FN3O/c1-9-4-3-7-16-12(9)14-17-13(18-19-14)10-5-2-6-11(15)8-10/h2,5-6,8-9,12,16H,3-4,7H2,1H3. The molecule has 2 atom stereocenters. The molecule has 1 fully saturated rings. The second-order valence-corrected chi connectivity index (χ2v) is 5.02. The fourth-order valence-electron chi connectivity index (χ4n) is 2.49. The summed E-state index contributed by atoms with van der Waals surface area (Å²) >= 11 is 0. The number of halogens is 1. The highest BCUT2D eigenvalue weighted by Gasteiger charge is 2.27. The van der Waals surface area contributed by atoms with E-state index < -0.39 is 0 Å². The molecule has 1 aromatic carbocycles. The zero-order chi connectivity index (χ0) is 13.2. The lowest BCUT2D eigenvalue weighted by atomic mass is 9.93. The van der Waals surface area contributed by atoms with Gasteiger partial charge < -0.3 is 9.84 Å². The molecule has 4 nitrogen and oxygen atoms in total. The summed E-state index contributed by atoms with van der Waals surface area (Å²) in [6, 6.07) is 6.32. The Morgan fingerprint density at radius 2 is 2.32 bits per heavy atom. The van der Waals surface area contributed by atoms with Gasteiger partial charge in [0.15, 0.2) is 0 Å². The summed E-state index contributed by atoms with van der Waals surface area (Å²) in [6.45, 7) is 3.13. The van der Waals surface area contributed by atoms with Crippen LogP contribution in [0.3, 0.4) is 0 Å². The molecule has 2 aromatic rings. The SMILES string of the molecule is CC1CCCNC1c1nc(-c2cccc(F)c2)no1. The van der Waals surface area contributed by atoms with E-state index in [-0.39, 0.29) is 11.9 Å². The fourth-order valence-corrected chi connectivity index (χ4v) is 2.49. The second kappa shape index (κ2) is 5.09. The van der Waals surface area contributed by atoms with Gasteiger partial charge in [-0.3, -0.25) is 0 Å². The lowest BCUT2D eigenvalue weighted by Crippen LogP contribution is -2.33. The Kier molecular flexibility index (Phi) is 3.29. The summed E-state index contributed by atoms with van der Waals surface area (Å²) in [6.07, 6.45) is 2.32. The molecule has 19 heavy (non-hydrogen) atoms. The van der Waals surface area contributed by atoms with Crippen LogP contribution in [0.5, 0.6) is 0 Å². The van der Waals surface area contributed by atoms with Crippen LogP contribution in [0.2, 0.25) is 0 Å². The Morgan fingerprint density at radius 3 is 3.11 bits per heavy atom. The van der Waals surface area contributed by atoms with Gasteiger partial charge in [0.25, 0.3) is 0 Å². The molecule has 0 radical (unpaired) electrons. The third-order valence-corrected chi connectivity index (χ3v) is 3.56. The van der Waals surface area contributed by atoms with Crippen molar-refractivity contribution >= 4 is 0 Å². The van der Waals surface area contributed by atoms with E-state index in [1.165, 1.54) is 18.6 Å². The monoisotopic (exact) mass is 261 g/mol. The van der Waals surface area contributed by atoms with Gasteiger partial charge in [-0.05, 0) is 37.4 Å². The first kappa shape index (κ1) is 12.3. The van der Waals surface area contributed by atoms with Crippen molar-refractivity contribution in [2.24, 2.45) is 5.92 Å². The Balaban J connectivity index is 1.86. The topological polar surface area (TPSA) is 51.0 Å². The predicted octanol–water partition coefficient (Wildman–Crippen LogP) is 2.94. The van der Waals surface area contributed by atoms with E-state index in [1.807, 2.05) is 0 Å². The van der Waals surface area contributed by atoms with Crippen molar-refractivity contribution in [2.75, 3.05) is 6.54 Å². The number of hydrogen-bond acceptors (Lipinski definition) is 4. The average Bonchev–Trinajstić information content (AvgIpc) is 2.89. The second-order valence-electron chi connectivity index (χ2n) is 5.02. The number of rotatable bonds is 2. The van der Waals surface area contributed by atoms with Crippen LogP contribution in [-0.4, -0.2) is 16.7 Å². The summed E-state index contributed by atoms with van der Waals surface area (Å²) < 4.78 is 18.5. The summed E-state index contributed by atoms with van der Waals surface area (Å²) in [5.41, 5.74) is 0.637. The Labute approximate surface area is 111 Å². The van der Waals surface area contributed by atoms with Gasteiger partial charge in [-0.2, -0.15) is 4.98 Å². The molecule has 100 valence electrons. The molecular formula is C14H16FN3O. The lowest BCUT2D eigenvalue weighted by molar-refractivity contribution is 0.239. The molecule has 0 amide bonds. The quantitative estimate of drug-likeness (QED) is 0.903. The van der Waals surface area contributed by atoms with Gasteiger partial charge in [-0.15, -0.1) is 0 Å². The summed E-state index contributed by atoms with van der Waals surface area (Å²) in [4.78, 5) is 4.39. The van der Waals surface area contributed by atoms with Crippen LogP contribution >= 0.6 is 0 Å². The molecule has 1 aliphatic heterocycles. The van der Waals surface area contributed by atoms with Crippen LogP contribution in [-0.2, 0) is 0 Å². The van der Waals surface area contributed by atoms with Gasteiger partial charge in [0, 0.05) is 5.56 Å². The number of benzene rings is 1. The normalized spacial score (nSPS) is 23.5. The average molecular weight is 261 g/mol. The molecule has 1 saturated heterocycles. The molecule has 5 heteroatoms. The first-order valence-electron chi connectivity index (χ1n) is 6.57. The zero-order valence-electron chi connectivity index (χ0n) is 10.8. The van der Waals surface area contributed by atoms with E-state index in [0.717, 1.165) is 13.0 Å². The molecule has 1 aliphatic rings. The fraction of sp³-hybridized carbons (Fsp3) is 0.429. The van der Waals surface area contributed by atoms with Crippen molar-refractivity contribution in [3.63, 3.8) is 0 Å². The first-order chi connectivity index (χ1) is 9.24. The molecule has 3 rings (SSSR count). The number of nitrogens with zero attached hydrogens (tertiary/aromatic N) is 2. The molecule has 1 aromatic heterocycles. The molecule has 0 spiro atoms. The van der Waals surface area contributed by atoms with Crippen molar-refractivity contribution < 1.29 is 8.91 Å². The summed E-state index contributed by atoms with van der Waals surface area (Å²) in [5.74, 6) is 1.20. The third-order valence-electron chi connectivity index (χ3n) is 3.56. The predicted molar refractivity (Wildman–Crippen MR) is 68.8 cm³/mol. The van der Waals surface area contributed by atoms with Crippen molar-refractivity contribution in [1.82, 2.24) is 15.5 Å².